The Kier molecular flexibility index (Phi) is 6.53. The van der Waals surface area contributed by atoms with Gasteiger partial charge in [-0.1, -0.05) is 39.0 Å². The number of aromatic nitrogens is 4. The number of ether oxygens (including phenoxy) is 1. The molecule has 2 aromatic heterocycles. The van der Waals surface area contributed by atoms with Gasteiger partial charge in [0.1, 0.15) is 18.2 Å². The van der Waals surface area contributed by atoms with Crippen LogP contribution in [-0.2, 0) is 12.0 Å². The van der Waals surface area contributed by atoms with Crippen molar-refractivity contribution in [3.63, 3.8) is 0 Å². The van der Waals surface area contributed by atoms with Gasteiger partial charge in [0, 0.05) is 35.1 Å². The Balaban J connectivity index is 1.50. The molecular formula is C25H25FN6O2. The number of halogens is 1. The highest BCUT2D eigenvalue weighted by Gasteiger charge is 2.21. The van der Waals surface area contributed by atoms with Crippen molar-refractivity contribution in [2.75, 3.05) is 10.6 Å². The minimum absolute atomic E-state index is 0.0581. The number of carbonyl (C=O) groups is 1. The molecule has 4 aromatic rings. The summed E-state index contributed by atoms with van der Waals surface area (Å²) < 4.78 is 21.4. The van der Waals surface area contributed by atoms with Crippen LogP contribution >= 0.6 is 0 Å². The van der Waals surface area contributed by atoms with Crippen LogP contribution in [0.4, 0.5) is 20.7 Å². The van der Waals surface area contributed by atoms with E-state index in [0.29, 0.717) is 11.5 Å². The fourth-order valence-corrected chi connectivity index (χ4v) is 3.16. The maximum atomic E-state index is 14.3. The maximum Gasteiger partial charge on any atom is 0.324 e. The van der Waals surface area contributed by atoms with E-state index in [2.05, 4.69) is 46.5 Å². The molecule has 8 nitrogen and oxygen atoms in total. The molecule has 2 amide bonds. The second-order valence-corrected chi connectivity index (χ2v) is 8.63. The molecule has 9 heteroatoms. The van der Waals surface area contributed by atoms with Crippen molar-refractivity contribution < 1.29 is 13.9 Å². The van der Waals surface area contributed by atoms with Crippen LogP contribution in [0.1, 0.15) is 32.0 Å². The van der Waals surface area contributed by atoms with Crippen LogP contribution in [-0.4, -0.2) is 25.8 Å². The molecule has 2 aromatic carbocycles. The quantitative estimate of drug-likeness (QED) is 0.406. The Labute approximate surface area is 196 Å². The number of hydrogen-bond acceptors (Lipinski definition) is 5. The lowest BCUT2D eigenvalue weighted by Gasteiger charge is -2.14. The summed E-state index contributed by atoms with van der Waals surface area (Å²) in [4.78, 5) is 20.7. The third-order valence-electron chi connectivity index (χ3n) is 4.94. The number of nitrogens with one attached hydrogen (secondary N) is 2. The van der Waals surface area contributed by atoms with Gasteiger partial charge in [-0.05, 0) is 30.3 Å². The van der Waals surface area contributed by atoms with E-state index in [-0.39, 0.29) is 23.5 Å². The number of hydrogen-bond donors (Lipinski definition) is 2. The number of nitrogens with zero attached hydrogens (tertiary/aromatic N) is 4. The molecule has 0 radical (unpaired) electrons. The highest BCUT2D eigenvalue weighted by molar-refractivity contribution is 5.99. The van der Waals surface area contributed by atoms with Crippen molar-refractivity contribution in [3.8, 4) is 11.6 Å². The first-order valence-electron chi connectivity index (χ1n) is 10.7. The highest BCUT2D eigenvalue weighted by Crippen LogP contribution is 2.26. The van der Waals surface area contributed by atoms with E-state index in [9.17, 15) is 9.18 Å². The molecule has 0 fully saturated rings. The van der Waals surface area contributed by atoms with E-state index in [1.807, 2.05) is 36.4 Å². The number of benzene rings is 2. The monoisotopic (exact) mass is 460 g/mol. The van der Waals surface area contributed by atoms with Crippen LogP contribution in [0.2, 0.25) is 0 Å². The number of anilines is 2. The zero-order valence-corrected chi connectivity index (χ0v) is 19.1. The summed E-state index contributed by atoms with van der Waals surface area (Å²) in [6.45, 7) is 6.10. The van der Waals surface area contributed by atoms with Gasteiger partial charge < -0.3 is 10.1 Å². The molecule has 0 atom stereocenters. The van der Waals surface area contributed by atoms with Gasteiger partial charge >= 0.3 is 6.03 Å². The molecule has 174 valence electrons. The van der Waals surface area contributed by atoms with Crippen LogP contribution in [0.15, 0.2) is 73.2 Å². The molecule has 34 heavy (non-hydrogen) atoms. The van der Waals surface area contributed by atoms with Crippen molar-refractivity contribution in [3.05, 3.63) is 90.3 Å². The molecule has 0 unspecified atom stereocenters. The topological polar surface area (TPSA) is 94.0 Å². The van der Waals surface area contributed by atoms with Crippen LogP contribution in [0.25, 0.3) is 5.69 Å². The third-order valence-corrected chi connectivity index (χ3v) is 4.94. The van der Waals surface area contributed by atoms with Crippen LogP contribution in [0.3, 0.4) is 0 Å². The number of amides is 2. The number of rotatable bonds is 6. The van der Waals surface area contributed by atoms with E-state index in [0.717, 1.165) is 11.4 Å². The molecule has 0 aliphatic rings. The fraction of sp³-hybridized carbons (Fsp3) is 0.200. The molecule has 2 heterocycles. The van der Waals surface area contributed by atoms with Gasteiger partial charge in [0.15, 0.2) is 0 Å². The second-order valence-electron chi connectivity index (χ2n) is 8.63. The second kappa shape index (κ2) is 9.70. The van der Waals surface area contributed by atoms with Gasteiger partial charge in [0.25, 0.3) is 0 Å². The molecule has 0 aliphatic carbocycles. The predicted octanol–water partition coefficient (Wildman–Crippen LogP) is 5.32. The normalized spacial score (nSPS) is 11.2. The zero-order chi connectivity index (χ0) is 24.1. The lowest BCUT2D eigenvalue weighted by atomic mass is 9.92. The number of para-hydroxylation sites is 1. The maximum absolute atomic E-state index is 14.3. The van der Waals surface area contributed by atoms with Crippen molar-refractivity contribution in [2.24, 2.45) is 0 Å². The van der Waals surface area contributed by atoms with Gasteiger partial charge in [0.2, 0.25) is 5.88 Å². The van der Waals surface area contributed by atoms with Gasteiger partial charge in [0.05, 0.1) is 17.6 Å². The summed E-state index contributed by atoms with van der Waals surface area (Å²) in [5.74, 6) is 0.343. The Morgan fingerprint density at radius 3 is 2.56 bits per heavy atom. The largest absolute Gasteiger partial charge is 0.472 e. The lowest BCUT2D eigenvalue weighted by molar-refractivity contribution is 0.262. The van der Waals surface area contributed by atoms with Crippen molar-refractivity contribution in [1.82, 2.24) is 19.7 Å². The minimum Gasteiger partial charge on any atom is -0.472 e. The molecule has 0 saturated carbocycles. The molecule has 0 spiro atoms. The molecular weight excluding hydrogens is 435 g/mol. The Hall–Kier alpha value is -4.27. The van der Waals surface area contributed by atoms with E-state index >= 15 is 0 Å². The standard InChI is InChI=1S/C25H25FN6O2/c1-25(2,3)21-14-22(32(31-21)19-7-5-4-6-8-19)30-24(33)29-18-9-10-20(26)17(13-18)16-34-23-15-27-11-12-28-23/h4-15H,16H2,1-3H3,(H2,29,30,33). The Morgan fingerprint density at radius 2 is 1.85 bits per heavy atom. The lowest BCUT2D eigenvalue weighted by Crippen LogP contribution is -2.21. The Morgan fingerprint density at radius 1 is 1.06 bits per heavy atom. The average molecular weight is 461 g/mol. The highest BCUT2D eigenvalue weighted by atomic mass is 19.1. The van der Waals surface area contributed by atoms with Crippen molar-refractivity contribution in [2.45, 2.75) is 32.8 Å². The van der Waals surface area contributed by atoms with Crippen LogP contribution in [0.5, 0.6) is 5.88 Å². The average Bonchev–Trinajstić information content (AvgIpc) is 3.25. The zero-order valence-electron chi connectivity index (χ0n) is 19.1. The van der Waals surface area contributed by atoms with E-state index in [1.54, 1.807) is 4.68 Å². The molecule has 2 N–H and O–H groups in total. The molecule has 4 rings (SSSR count). The van der Waals surface area contributed by atoms with Gasteiger partial charge in [-0.3, -0.25) is 10.3 Å². The van der Waals surface area contributed by atoms with Crippen LogP contribution in [0, 0.1) is 5.82 Å². The molecule has 0 aliphatic heterocycles. The van der Waals surface area contributed by atoms with Gasteiger partial charge in [-0.25, -0.2) is 18.9 Å². The predicted molar refractivity (Wildman–Crippen MR) is 128 cm³/mol. The van der Waals surface area contributed by atoms with Gasteiger partial charge in [-0.15, -0.1) is 0 Å². The van der Waals surface area contributed by atoms with Crippen LogP contribution < -0.4 is 15.4 Å². The van der Waals surface area contributed by atoms with Gasteiger partial charge in [-0.2, -0.15) is 5.10 Å². The van der Waals surface area contributed by atoms with Crippen molar-refractivity contribution >= 4 is 17.5 Å². The summed E-state index contributed by atoms with van der Waals surface area (Å²) in [6, 6.07) is 15.2. The summed E-state index contributed by atoms with van der Waals surface area (Å²) in [7, 11) is 0. The Bertz CT molecular complexity index is 1270. The summed E-state index contributed by atoms with van der Waals surface area (Å²) in [5, 5.41) is 10.3. The van der Waals surface area contributed by atoms with E-state index < -0.39 is 11.8 Å². The number of urea groups is 1. The number of carbonyl (C=O) groups excluding carboxylic acids is 1. The van der Waals surface area contributed by atoms with Crippen molar-refractivity contribution in [1.29, 1.82) is 0 Å². The summed E-state index contributed by atoms with van der Waals surface area (Å²) in [5.41, 5.74) is 2.13. The first kappa shape index (κ1) is 22.9. The smallest absolute Gasteiger partial charge is 0.324 e. The molecule has 0 saturated heterocycles. The summed E-state index contributed by atoms with van der Waals surface area (Å²) in [6.07, 6.45) is 4.44. The third kappa shape index (κ3) is 5.55. The molecule has 0 bridgehead atoms. The first-order valence-corrected chi connectivity index (χ1v) is 10.7. The fourth-order valence-electron chi connectivity index (χ4n) is 3.16. The first-order chi connectivity index (χ1) is 16.3. The van der Waals surface area contributed by atoms with E-state index in [4.69, 9.17) is 4.74 Å². The minimum atomic E-state index is -0.482. The van der Waals surface area contributed by atoms with E-state index in [1.165, 1.54) is 36.8 Å². The summed E-state index contributed by atoms with van der Waals surface area (Å²) >= 11 is 0. The SMILES string of the molecule is CC(C)(C)c1cc(NC(=O)Nc2ccc(F)c(COc3cnccn3)c2)n(-c2ccccc2)n1.